The smallest absolute Gasteiger partial charge is 0.248 e. The van der Waals surface area contributed by atoms with Crippen molar-refractivity contribution in [3.63, 3.8) is 0 Å². The maximum atomic E-state index is 11.9. The highest BCUT2D eigenvalue weighted by molar-refractivity contribution is 5.92. The third kappa shape index (κ3) is 6.58. The quantitative estimate of drug-likeness (QED) is 0.593. The zero-order valence-corrected chi connectivity index (χ0v) is 11.3. The zero-order valence-electron chi connectivity index (χ0n) is 11.3. The molecule has 0 aliphatic heterocycles. The fraction of sp³-hybridized carbons (Fsp3) is 0.750. The molecule has 0 unspecified atom stereocenters. The molecule has 0 spiro atoms. The van der Waals surface area contributed by atoms with Gasteiger partial charge in [0.15, 0.2) is 0 Å². The van der Waals surface area contributed by atoms with E-state index in [1.165, 1.54) is 0 Å². The van der Waals surface area contributed by atoms with Gasteiger partial charge in [-0.05, 0) is 35.1 Å². The van der Waals surface area contributed by atoms with Gasteiger partial charge in [-0.3, -0.25) is 4.79 Å². The van der Waals surface area contributed by atoms with Gasteiger partial charge in [0.25, 0.3) is 0 Å². The van der Waals surface area contributed by atoms with Gasteiger partial charge in [-0.15, -0.1) is 0 Å². The van der Waals surface area contributed by atoms with Gasteiger partial charge in [-0.2, -0.15) is 0 Å². The summed E-state index contributed by atoms with van der Waals surface area (Å²) in [5.41, 5.74) is 0.609. The maximum Gasteiger partial charge on any atom is 0.248 e. The summed E-state index contributed by atoms with van der Waals surface area (Å²) in [7, 11) is 8.04. The average Bonchev–Trinajstić information content (AvgIpc) is 2.16. The van der Waals surface area contributed by atoms with Gasteiger partial charge in [-0.1, -0.05) is 6.58 Å². The van der Waals surface area contributed by atoms with Gasteiger partial charge >= 0.3 is 0 Å². The van der Waals surface area contributed by atoms with Crippen LogP contribution in [0.3, 0.4) is 0 Å². The molecule has 0 saturated carbocycles. The van der Waals surface area contributed by atoms with E-state index in [1.54, 1.807) is 6.92 Å². The highest BCUT2D eigenvalue weighted by Crippen LogP contribution is 1.99. The van der Waals surface area contributed by atoms with Crippen LogP contribution in [-0.2, 0) is 4.79 Å². The van der Waals surface area contributed by atoms with Crippen molar-refractivity contribution < 1.29 is 4.79 Å². The van der Waals surface area contributed by atoms with Crippen molar-refractivity contribution in [2.24, 2.45) is 0 Å². The minimum atomic E-state index is 0.0590. The molecule has 0 bridgehead atoms. The van der Waals surface area contributed by atoms with Crippen LogP contribution in [0, 0.1) is 0 Å². The van der Waals surface area contributed by atoms with E-state index in [2.05, 4.69) is 16.4 Å². The predicted molar refractivity (Wildman–Crippen MR) is 68.5 cm³/mol. The molecular weight excluding hydrogens is 202 g/mol. The topological polar surface area (TPSA) is 26.8 Å². The number of amides is 1. The van der Waals surface area contributed by atoms with Crippen molar-refractivity contribution in [3.8, 4) is 0 Å². The van der Waals surface area contributed by atoms with Crippen LogP contribution in [-0.4, -0.2) is 75.0 Å². The van der Waals surface area contributed by atoms with E-state index in [-0.39, 0.29) is 5.91 Å². The molecule has 0 atom stereocenters. The Balaban J connectivity index is 4.26. The first kappa shape index (κ1) is 15.1. The summed E-state index contributed by atoms with van der Waals surface area (Å²) < 4.78 is 0. The minimum absolute atomic E-state index is 0.0590. The molecule has 0 rings (SSSR count). The molecule has 0 heterocycles. The van der Waals surface area contributed by atoms with E-state index in [9.17, 15) is 4.79 Å². The molecule has 0 saturated heterocycles. The Labute approximate surface area is 99.5 Å². The number of hydrogen-bond acceptors (Lipinski definition) is 3. The molecule has 0 radical (unpaired) electrons. The van der Waals surface area contributed by atoms with E-state index in [0.29, 0.717) is 5.57 Å². The Hall–Kier alpha value is -0.870. The van der Waals surface area contributed by atoms with Crippen LogP contribution in [0.4, 0.5) is 0 Å². The molecule has 4 nitrogen and oxygen atoms in total. The van der Waals surface area contributed by atoms with Crippen molar-refractivity contribution in [2.75, 3.05) is 54.4 Å². The van der Waals surface area contributed by atoms with Gasteiger partial charge in [0, 0.05) is 31.8 Å². The molecule has 0 aliphatic rings. The number of likely N-dealkylation sites (N-methyl/N-ethyl adjacent to an activating group) is 2. The van der Waals surface area contributed by atoms with E-state index >= 15 is 0 Å². The van der Waals surface area contributed by atoms with Crippen LogP contribution in [0.25, 0.3) is 0 Å². The second kappa shape index (κ2) is 7.41. The summed E-state index contributed by atoms with van der Waals surface area (Å²) in [6.07, 6.45) is 0. The predicted octanol–water partition coefficient (Wildman–Crippen LogP) is 0.514. The van der Waals surface area contributed by atoms with E-state index < -0.39 is 0 Å². The normalized spacial score (nSPS) is 10.9. The molecule has 0 fully saturated rings. The molecule has 1 amide bonds. The number of carbonyl (C=O) groups is 1. The van der Waals surface area contributed by atoms with Crippen LogP contribution in [0.5, 0.6) is 0 Å². The molecule has 0 aliphatic carbocycles. The summed E-state index contributed by atoms with van der Waals surface area (Å²) >= 11 is 0. The lowest BCUT2D eigenvalue weighted by atomic mass is 10.3. The lowest BCUT2D eigenvalue weighted by molar-refractivity contribution is -0.127. The Bertz CT molecular complexity index is 224. The molecule has 16 heavy (non-hydrogen) atoms. The molecular formula is C12H25N3O. The first-order chi connectivity index (χ1) is 7.34. The van der Waals surface area contributed by atoms with Gasteiger partial charge in [0.2, 0.25) is 5.91 Å². The van der Waals surface area contributed by atoms with E-state index in [0.717, 1.165) is 26.2 Å². The molecule has 0 N–H and O–H groups in total. The minimum Gasteiger partial charge on any atom is -0.336 e. The highest BCUT2D eigenvalue weighted by Gasteiger charge is 2.13. The Morgan fingerprint density at radius 3 is 1.56 bits per heavy atom. The van der Waals surface area contributed by atoms with Gasteiger partial charge in [-0.25, -0.2) is 0 Å². The molecule has 4 heteroatoms. The first-order valence-corrected chi connectivity index (χ1v) is 5.59. The van der Waals surface area contributed by atoms with E-state index in [1.807, 2.05) is 33.1 Å². The van der Waals surface area contributed by atoms with Gasteiger partial charge in [0.05, 0.1) is 0 Å². The third-order valence-electron chi connectivity index (χ3n) is 2.29. The summed E-state index contributed by atoms with van der Waals surface area (Å²) in [5, 5.41) is 0. The van der Waals surface area contributed by atoms with Gasteiger partial charge < -0.3 is 14.7 Å². The fourth-order valence-electron chi connectivity index (χ4n) is 1.23. The van der Waals surface area contributed by atoms with Crippen LogP contribution in [0.2, 0.25) is 0 Å². The van der Waals surface area contributed by atoms with Crippen LogP contribution in [0.15, 0.2) is 12.2 Å². The third-order valence-corrected chi connectivity index (χ3v) is 2.29. The van der Waals surface area contributed by atoms with Crippen molar-refractivity contribution in [2.45, 2.75) is 6.92 Å². The lowest BCUT2D eigenvalue weighted by Crippen LogP contribution is -2.40. The summed E-state index contributed by atoms with van der Waals surface area (Å²) in [6, 6.07) is 0. The van der Waals surface area contributed by atoms with Crippen molar-refractivity contribution in [1.29, 1.82) is 0 Å². The maximum absolute atomic E-state index is 11.9. The molecule has 0 aromatic heterocycles. The SMILES string of the molecule is C=C(C)C(=O)N(CCN(C)C)CCN(C)C. The molecule has 94 valence electrons. The fourth-order valence-corrected chi connectivity index (χ4v) is 1.23. The second-order valence-corrected chi connectivity index (χ2v) is 4.68. The van der Waals surface area contributed by atoms with E-state index in [4.69, 9.17) is 0 Å². The summed E-state index contributed by atoms with van der Waals surface area (Å²) in [4.78, 5) is 17.9. The first-order valence-electron chi connectivity index (χ1n) is 5.59. The lowest BCUT2D eigenvalue weighted by Gasteiger charge is -2.25. The molecule has 0 aromatic carbocycles. The number of carbonyl (C=O) groups excluding carboxylic acids is 1. The van der Waals surface area contributed by atoms with Gasteiger partial charge in [0.1, 0.15) is 0 Å². The number of hydrogen-bond donors (Lipinski definition) is 0. The Kier molecular flexibility index (Phi) is 7.01. The van der Waals surface area contributed by atoms with Crippen molar-refractivity contribution in [3.05, 3.63) is 12.2 Å². The largest absolute Gasteiger partial charge is 0.336 e. The van der Waals surface area contributed by atoms with Crippen LogP contribution in [0.1, 0.15) is 6.92 Å². The monoisotopic (exact) mass is 227 g/mol. The zero-order chi connectivity index (χ0) is 12.7. The Morgan fingerprint density at radius 2 is 1.31 bits per heavy atom. The highest BCUT2D eigenvalue weighted by atomic mass is 16.2. The van der Waals surface area contributed by atoms with Crippen molar-refractivity contribution in [1.82, 2.24) is 14.7 Å². The summed E-state index contributed by atoms with van der Waals surface area (Å²) in [5.74, 6) is 0.0590. The summed E-state index contributed by atoms with van der Waals surface area (Å²) in [6.45, 7) is 8.75. The molecule has 0 aromatic rings. The number of rotatable bonds is 7. The average molecular weight is 227 g/mol. The van der Waals surface area contributed by atoms with Crippen LogP contribution < -0.4 is 0 Å². The number of nitrogens with zero attached hydrogens (tertiary/aromatic N) is 3. The Morgan fingerprint density at radius 1 is 0.938 bits per heavy atom. The van der Waals surface area contributed by atoms with Crippen molar-refractivity contribution >= 4 is 5.91 Å². The standard InChI is InChI=1S/C12H25N3O/c1-11(2)12(16)15(9-7-13(3)4)10-8-14(5)6/h1,7-10H2,2-6H3. The van der Waals surface area contributed by atoms with Crippen LogP contribution >= 0.6 is 0 Å². The second-order valence-electron chi connectivity index (χ2n) is 4.68.